The number of methoxy groups -OCH3 is 1. The molecule has 1 atom stereocenters. The van der Waals surface area contributed by atoms with Gasteiger partial charge in [0, 0.05) is 38.2 Å². The minimum absolute atomic E-state index is 0.0861. The summed E-state index contributed by atoms with van der Waals surface area (Å²) in [5, 5.41) is 15.1. The highest BCUT2D eigenvalue weighted by Gasteiger charge is 2.34. The fraction of sp³-hybridized carbons (Fsp3) is 0.414. The highest BCUT2D eigenvalue weighted by Crippen LogP contribution is 2.35. The van der Waals surface area contributed by atoms with E-state index in [0.717, 1.165) is 61.3 Å². The number of likely N-dealkylation sites (tertiary alicyclic amines) is 1. The first-order valence-corrected chi connectivity index (χ1v) is 12.7. The number of benzene rings is 2. The van der Waals surface area contributed by atoms with E-state index in [0.29, 0.717) is 25.0 Å². The van der Waals surface area contributed by atoms with Crippen molar-refractivity contribution in [2.75, 3.05) is 39.9 Å². The summed E-state index contributed by atoms with van der Waals surface area (Å²) >= 11 is 0. The average molecular weight is 491 g/mol. The van der Waals surface area contributed by atoms with Gasteiger partial charge < -0.3 is 24.3 Å². The maximum atomic E-state index is 12.5. The van der Waals surface area contributed by atoms with Gasteiger partial charge in [0.15, 0.2) is 5.76 Å². The second-order valence-corrected chi connectivity index (χ2v) is 9.72. The molecule has 7 nitrogen and oxygen atoms in total. The van der Waals surface area contributed by atoms with E-state index in [-0.39, 0.29) is 17.8 Å². The lowest BCUT2D eigenvalue weighted by molar-refractivity contribution is -0.0232. The van der Waals surface area contributed by atoms with Gasteiger partial charge in [0.25, 0.3) is 5.91 Å². The van der Waals surface area contributed by atoms with Crippen LogP contribution in [0.5, 0.6) is 5.75 Å². The van der Waals surface area contributed by atoms with Gasteiger partial charge in [-0.1, -0.05) is 30.4 Å². The van der Waals surface area contributed by atoms with E-state index >= 15 is 0 Å². The predicted molar refractivity (Wildman–Crippen MR) is 139 cm³/mol. The van der Waals surface area contributed by atoms with Gasteiger partial charge in [-0.05, 0) is 67.1 Å². The summed E-state index contributed by atoms with van der Waals surface area (Å²) in [5.74, 6) is 0.897. The third-order valence-electron chi connectivity index (χ3n) is 7.26. The fourth-order valence-electron chi connectivity index (χ4n) is 4.99. The molecule has 3 aromatic rings. The smallest absolute Gasteiger partial charge is 0.287 e. The second kappa shape index (κ2) is 10.9. The van der Waals surface area contributed by atoms with Crippen LogP contribution in [0, 0.1) is 0 Å². The molecule has 0 bridgehead atoms. The molecule has 0 radical (unpaired) electrons. The Bertz CT molecular complexity index is 1200. The van der Waals surface area contributed by atoms with Gasteiger partial charge in [-0.25, -0.2) is 0 Å². The Morgan fingerprint density at radius 1 is 1.19 bits per heavy atom. The maximum absolute atomic E-state index is 12.5. The number of furan rings is 1. The number of rotatable bonds is 8. The fourth-order valence-corrected chi connectivity index (χ4v) is 4.99. The largest absolute Gasteiger partial charge is 0.497 e. The van der Waals surface area contributed by atoms with E-state index in [9.17, 15) is 9.90 Å². The number of fused-ring (bicyclic) bond motifs is 1. The van der Waals surface area contributed by atoms with Crippen LogP contribution in [0.4, 0.5) is 0 Å². The van der Waals surface area contributed by atoms with Gasteiger partial charge >= 0.3 is 0 Å². The first kappa shape index (κ1) is 24.6. The Kier molecular flexibility index (Phi) is 7.41. The van der Waals surface area contributed by atoms with Crippen molar-refractivity contribution in [1.82, 2.24) is 10.2 Å². The van der Waals surface area contributed by atoms with Crippen molar-refractivity contribution in [1.29, 1.82) is 0 Å². The molecule has 36 heavy (non-hydrogen) atoms. The van der Waals surface area contributed by atoms with E-state index < -0.39 is 5.60 Å². The summed E-state index contributed by atoms with van der Waals surface area (Å²) in [6, 6.07) is 15.5. The monoisotopic (exact) mass is 490 g/mol. The predicted octanol–water partition coefficient (Wildman–Crippen LogP) is 4.35. The van der Waals surface area contributed by atoms with Crippen LogP contribution in [0.15, 0.2) is 59.0 Å². The summed E-state index contributed by atoms with van der Waals surface area (Å²) in [6.07, 6.45) is 7.68. The van der Waals surface area contributed by atoms with E-state index in [1.165, 1.54) is 0 Å². The molecule has 2 aromatic carbocycles. The molecule has 0 spiro atoms. The van der Waals surface area contributed by atoms with Gasteiger partial charge in [-0.3, -0.25) is 9.69 Å². The number of carbonyl (C=O) groups is 1. The summed E-state index contributed by atoms with van der Waals surface area (Å²) in [4.78, 5) is 14.9. The molecular weight excluding hydrogens is 456 g/mol. The van der Waals surface area contributed by atoms with Crippen molar-refractivity contribution in [3.05, 3.63) is 71.5 Å². The number of amides is 1. The Hall–Kier alpha value is -3.13. The zero-order chi connectivity index (χ0) is 25.0. The van der Waals surface area contributed by atoms with Crippen LogP contribution in [0.3, 0.4) is 0 Å². The molecule has 2 saturated heterocycles. The molecule has 1 aromatic heterocycles. The summed E-state index contributed by atoms with van der Waals surface area (Å²) in [7, 11) is 1.67. The van der Waals surface area contributed by atoms with Gasteiger partial charge in [0.1, 0.15) is 11.3 Å². The Labute approximate surface area is 211 Å². The molecule has 2 N–H and O–H groups in total. The third kappa shape index (κ3) is 5.64. The number of hydrogen-bond donors (Lipinski definition) is 2. The van der Waals surface area contributed by atoms with Crippen molar-refractivity contribution >= 4 is 23.0 Å². The number of nitrogens with one attached hydrogen (secondary N) is 1. The normalized spacial score (nSPS) is 20.2. The highest BCUT2D eigenvalue weighted by molar-refractivity contribution is 5.96. The molecule has 0 saturated carbocycles. The van der Waals surface area contributed by atoms with Crippen LogP contribution in [-0.4, -0.2) is 61.9 Å². The van der Waals surface area contributed by atoms with E-state index in [1.807, 2.05) is 42.5 Å². The van der Waals surface area contributed by atoms with Crippen molar-refractivity contribution < 1.29 is 23.8 Å². The molecule has 190 valence electrons. The van der Waals surface area contributed by atoms with Gasteiger partial charge in [0.05, 0.1) is 18.8 Å². The molecule has 2 aliphatic heterocycles. The van der Waals surface area contributed by atoms with E-state index in [4.69, 9.17) is 13.9 Å². The van der Waals surface area contributed by atoms with Crippen molar-refractivity contribution in [3.63, 3.8) is 0 Å². The first-order chi connectivity index (χ1) is 17.5. The lowest BCUT2D eigenvalue weighted by atomic mass is 9.84. The maximum Gasteiger partial charge on any atom is 0.287 e. The van der Waals surface area contributed by atoms with Crippen LogP contribution >= 0.6 is 0 Å². The Morgan fingerprint density at radius 3 is 2.72 bits per heavy atom. The number of piperidine rings is 1. The standard InChI is InChI=1S/C29H34N2O5/c1-34-24-9-6-21(7-10-24)4-2-14-31-15-12-29(33,13-16-31)23-8-11-26-22(18-23)19-27(36-26)28(32)30-20-25-5-3-17-35-25/h2,4,6-11,18-19,25,33H,3,5,12-17,20H2,1H3,(H,30,32)/b4-2+. The second-order valence-electron chi connectivity index (χ2n) is 9.72. The number of hydrogen-bond acceptors (Lipinski definition) is 6. The summed E-state index contributed by atoms with van der Waals surface area (Å²) in [5.41, 5.74) is 1.77. The summed E-state index contributed by atoms with van der Waals surface area (Å²) < 4.78 is 16.5. The number of nitrogens with zero attached hydrogens (tertiary/aromatic N) is 1. The minimum Gasteiger partial charge on any atom is -0.497 e. The van der Waals surface area contributed by atoms with Crippen LogP contribution in [0.25, 0.3) is 17.0 Å². The number of ether oxygens (including phenoxy) is 2. The third-order valence-corrected chi connectivity index (χ3v) is 7.26. The number of aliphatic hydroxyl groups is 1. The molecule has 2 aliphatic rings. The molecular formula is C29H34N2O5. The lowest BCUT2D eigenvalue weighted by Gasteiger charge is -2.38. The SMILES string of the molecule is COc1ccc(/C=C/CN2CCC(O)(c3ccc4oc(C(=O)NCC5CCCO5)cc4c3)CC2)cc1. The minimum atomic E-state index is -0.885. The van der Waals surface area contributed by atoms with E-state index in [2.05, 4.69) is 22.4 Å². The van der Waals surface area contributed by atoms with Crippen LogP contribution in [0.1, 0.15) is 47.4 Å². The molecule has 1 unspecified atom stereocenters. The van der Waals surface area contributed by atoms with Crippen molar-refractivity contribution in [3.8, 4) is 5.75 Å². The molecule has 7 heteroatoms. The summed E-state index contributed by atoms with van der Waals surface area (Å²) in [6.45, 7) is 3.71. The highest BCUT2D eigenvalue weighted by atomic mass is 16.5. The molecule has 5 rings (SSSR count). The van der Waals surface area contributed by atoms with Gasteiger partial charge in [-0.15, -0.1) is 0 Å². The quantitative estimate of drug-likeness (QED) is 0.489. The average Bonchev–Trinajstić information content (AvgIpc) is 3.58. The van der Waals surface area contributed by atoms with Crippen molar-refractivity contribution in [2.24, 2.45) is 0 Å². The van der Waals surface area contributed by atoms with Crippen LogP contribution in [0.2, 0.25) is 0 Å². The zero-order valence-corrected chi connectivity index (χ0v) is 20.7. The van der Waals surface area contributed by atoms with Crippen LogP contribution < -0.4 is 10.1 Å². The lowest BCUT2D eigenvalue weighted by Crippen LogP contribution is -2.42. The molecule has 0 aliphatic carbocycles. The molecule has 2 fully saturated rings. The Balaban J connectivity index is 1.16. The van der Waals surface area contributed by atoms with Gasteiger partial charge in [-0.2, -0.15) is 0 Å². The van der Waals surface area contributed by atoms with Crippen molar-refractivity contribution in [2.45, 2.75) is 37.4 Å². The first-order valence-electron chi connectivity index (χ1n) is 12.7. The Morgan fingerprint density at radius 2 is 2.00 bits per heavy atom. The molecule has 3 heterocycles. The topological polar surface area (TPSA) is 84.2 Å². The van der Waals surface area contributed by atoms with Gasteiger partial charge in [0.2, 0.25) is 0 Å². The van der Waals surface area contributed by atoms with Crippen LogP contribution in [-0.2, 0) is 10.3 Å². The molecule has 1 amide bonds. The number of carbonyl (C=O) groups excluding carboxylic acids is 1. The zero-order valence-electron chi connectivity index (χ0n) is 20.7. The van der Waals surface area contributed by atoms with E-state index in [1.54, 1.807) is 13.2 Å².